The van der Waals surface area contributed by atoms with Gasteiger partial charge in [-0.05, 0) is 0 Å². The number of aromatic nitrogens is 5. The molecule has 0 spiro atoms. The maximum absolute atomic E-state index is 11.8. The van der Waals surface area contributed by atoms with Crippen molar-refractivity contribution >= 4 is 22.9 Å². The molecular weight excluding hydrogens is 274 g/mol. The largest absolute Gasteiger partial charge is 0.375 e. The minimum Gasteiger partial charge on any atom is -0.375 e. The van der Waals surface area contributed by atoms with Crippen molar-refractivity contribution in [3.05, 3.63) is 6.33 Å². The number of ether oxygens (including phenoxy) is 1. The molecule has 0 aromatic carbocycles. The monoisotopic (exact) mass is 291 g/mol. The number of carbonyl (C=O) groups excluding carboxylic acids is 1. The quantitative estimate of drug-likeness (QED) is 0.720. The van der Waals surface area contributed by atoms with E-state index in [-0.39, 0.29) is 12.5 Å². The smallest absolute Gasteiger partial charge is 0.248 e. The van der Waals surface area contributed by atoms with Crippen molar-refractivity contribution in [2.75, 3.05) is 44.8 Å². The molecule has 0 saturated carbocycles. The lowest BCUT2D eigenvalue weighted by atomic mass is 10.3. The summed E-state index contributed by atoms with van der Waals surface area (Å²) in [6.45, 7) is 2.83. The fraction of sp³-hybridized carbons (Fsp3) is 0.583. The maximum Gasteiger partial charge on any atom is 0.248 e. The Bertz CT molecular complexity index is 648. The van der Waals surface area contributed by atoms with Crippen LogP contribution >= 0.6 is 0 Å². The third kappa shape index (κ3) is 2.51. The van der Waals surface area contributed by atoms with E-state index in [1.165, 1.54) is 13.4 Å². The first kappa shape index (κ1) is 13.7. The third-order valence-electron chi connectivity index (χ3n) is 3.57. The zero-order chi connectivity index (χ0) is 14.8. The number of rotatable bonds is 3. The third-order valence-corrected chi connectivity index (χ3v) is 3.57. The molecule has 2 aromatic heterocycles. The van der Waals surface area contributed by atoms with Gasteiger partial charge in [-0.1, -0.05) is 5.21 Å². The first-order valence-electron chi connectivity index (χ1n) is 6.72. The van der Waals surface area contributed by atoms with Crippen molar-refractivity contribution in [2.24, 2.45) is 7.05 Å². The highest BCUT2D eigenvalue weighted by molar-refractivity contribution is 5.83. The Balaban J connectivity index is 1.75. The molecule has 1 fully saturated rings. The van der Waals surface area contributed by atoms with Gasteiger partial charge in [-0.2, -0.15) is 0 Å². The summed E-state index contributed by atoms with van der Waals surface area (Å²) >= 11 is 0. The maximum atomic E-state index is 11.8. The molecule has 0 atom stereocenters. The number of fused-ring (bicyclic) bond motifs is 1. The summed E-state index contributed by atoms with van der Waals surface area (Å²) in [7, 11) is 3.33. The molecular formula is C12H17N7O2. The van der Waals surface area contributed by atoms with Crippen LogP contribution in [0.15, 0.2) is 6.33 Å². The fourth-order valence-electron chi connectivity index (χ4n) is 2.45. The number of anilines is 1. The van der Waals surface area contributed by atoms with Gasteiger partial charge in [0, 0.05) is 40.3 Å². The van der Waals surface area contributed by atoms with Crippen LogP contribution in [0.4, 0.5) is 5.82 Å². The van der Waals surface area contributed by atoms with Crippen LogP contribution in [0.5, 0.6) is 0 Å². The highest BCUT2D eigenvalue weighted by atomic mass is 16.5. The molecule has 0 N–H and O–H groups in total. The summed E-state index contributed by atoms with van der Waals surface area (Å²) in [6.07, 6.45) is 1.52. The second-order valence-electron chi connectivity index (χ2n) is 4.88. The number of piperazine rings is 1. The topological polar surface area (TPSA) is 89.3 Å². The van der Waals surface area contributed by atoms with Crippen molar-refractivity contribution in [3.8, 4) is 0 Å². The molecule has 2 aromatic rings. The number of methoxy groups -OCH3 is 1. The predicted molar refractivity (Wildman–Crippen MR) is 74.8 cm³/mol. The fourth-order valence-corrected chi connectivity index (χ4v) is 2.45. The van der Waals surface area contributed by atoms with Crippen LogP contribution in [-0.2, 0) is 16.6 Å². The van der Waals surface area contributed by atoms with Crippen LogP contribution in [0.25, 0.3) is 11.2 Å². The van der Waals surface area contributed by atoms with Gasteiger partial charge in [-0.15, -0.1) is 5.10 Å². The van der Waals surface area contributed by atoms with E-state index >= 15 is 0 Å². The zero-order valence-corrected chi connectivity index (χ0v) is 12.1. The second kappa shape index (κ2) is 5.60. The Labute approximate surface area is 121 Å². The van der Waals surface area contributed by atoms with Gasteiger partial charge in [0.15, 0.2) is 17.0 Å². The summed E-state index contributed by atoms with van der Waals surface area (Å²) in [5.74, 6) is 0.788. The summed E-state index contributed by atoms with van der Waals surface area (Å²) in [5, 5.41) is 8.10. The van der Waals surface area contributed by atoms with Crippen LogP contribution in [0.3, 0.4) is 0 Å². The molecule has 1 aliphatic rings. The Kier molecular flexibility index (Phi) is 3.65. The molecule has 3 rings (SSSR count). The summed E-state index contributed by atoms with van der Waals surface area (Å²) in [6, 6.07) is 0. The number of hydrogen-bond donors (Lipinski definition) is 0. The molecule has 1 amide bonds. The van der Waals surface area contributed by atoms with Crippen molar-refractivity contribution in [1.29, 1.82) is 0 Å². The molecule has 0 radical (unpaired) electrons. The Hall–Kier alpha value is -2.29. The average molecular weight is 291 g/mol. The highest BCUT2D eigenvalue weighted by Gasteiger charge is 2.24. The van der Waals surface area contributed by atoms with Gasteiger partial charge in [0.1, 0.15) is 12.9 Å². The molecule has 0 bridgehead atoms. The highest BCUT2D eigenvalue weighted by Crippen LogP contribution is 2.21. The van der Waals surface area contributed by atoms with Gasteiger partial charge in [-0.25, -0.2) is 14.6 Å². The van der Waals surface area contributed by atoms with Crippen LogP contribution in [0.2, 0.25) is 0 Å². The van der Waals surface area contributed by atoms with Gasteiger partial charge in [0.25, 0.3) is 0 Å². The standard InChI is InChI=1S/C12H17N7O2/c1-17-11-10(15-16-17)12(14-8-13-11)19-5-3-18(4-6-19)9(20)7-21-2/h8H,3-7H2,1-2H3. The molecule has 9 nitrogen and oxygen atoms in total. The van der Waals surface area contributed by atoms with E-state index in [2.05, 4.69) is 25.2 Å². The van der Waals surface area contributed by atoms with Gasteiger partial charge < -0.3 is 14.5 Å². The number of aryl methyl sites for hydroxylation is 1. The van der Waals surface area contributed by atoms with Crippen LogP contribution < -0.4 is 4.90 Å². The van der Waals surface area contributed by atoms with Gasteiger partial charge in [-0.3, -0.25) is 4.79 Å². The Morgan fingerprint density at radius 1 is 1.29 bits per heavy atom. The van der Waals surface area contributed by atoms with Crippen molar-refractivity contribution in [3.63, 3.8) is 0 Å². The van der Waals surface area contributed by atoms with E-state index < -0.39 is 0 Å². The lowest BCUT2D eigenvalue weighted by Gasteiger charge is -2.35. The summed E-state index contributed by atoms with van der Waals surface area (Å²) < 4.78 is 6.51. The molecule has 1 saturated heterocycles. The van der Waals surface area contributed by atoms with Crippen molar-refractivity contribution < 1.29 is 9.53 Å². The summed E-state index contributed by atoms with van der Waals surface area (Å²) in [5.41, 5.74) is 1.40. The number of amides is 1. The SMILES string of the molecule is COCC(=O)N1CCN(c2ncnc3c2nnn3C)CC1. The van der Waals surface area contributed by atoms with Crippen LogP contribution in [-0.4, -0.2) is 75.7 Å². The lowest BCUT2D eigenvalue weighted by Crippen LogP contribution is -2.50. The van der Waals surface area contributed by atoms with Crippen molar-refractivity contribution in [2.45, 2.75) is 0 Å². The minimum absolute atomic E-state index is 0.0180. The molecule has 21 heavy (non-hydrogen) atoms. The lowest BCUT2D eigenvalue weighted by molar-refractivity contribution is -0.135. The molecule has 9 heteroatoms. The second-order valence-corrected chi connectivity index (χ2v) is 4.88. The average Bonchev–Trinajstić information content (AvgIpc) is 2.89. The van der Waals surface area contributed by atoms with Crippen LogP contribution in [0, 0.1) is 0 Å². The Morgan fingerprint density at radius 3 is 2.76 bits per heavy atom. The molecule has 1 aliphatic heterocycles. The summed E-state index contributed by atoms with van der Waals surface area (Å²) in [4.78, 5) is 24.2. The van der Waals surface area contributed by atoms with Gasteiger partial charge in [0.05, 0.1) is 0 Å². The molecule has 3 heterocycles. The zero-order valence-electron chi connectivity index (χ0n) is 12.1. The van der Waals surface area contributed by atoms with E-state index in [1.54, 1.807) is 16.6 Å². The number of hydrogen-bond acceptors (Lipinski definition) is 7. The molecule has 0 unspecified atom stereocenters. The Morgan fingerprint density at radius 2 is 2.05 bits per heavy atom. The number of carbonyl (C=O) groups is 1. The van der Waals surface area contributed by atoms with E-state index in [4.69, 9.17) is 4.74 Å². The normalized spacial score (nSPS) is 15.7. The predicted octanol–water partition coefficient (Wildman–Crippen LogP) is -0.947. The molecule has 112 valence electrons. The number of nitrogens with zero attached hydrogens (tertiary/aromatic N) is 7. The van der Waals surface area contributed by atoms with Gasteiger partial charge >= 0.3 is 0 Å². The first-order valence-corrected chi connectivity index (χ1v) is 6.72. The van der Waals surface area contributed by atoms with E-state index in [0.29, 0.717) is 37.3 Å². The molecule has 0 aliphatic carbocycles. The van der Waals surface area contributed by atoms with E-state index in [1.807, 2.05) is 0 Å². The van der Waals surface area contributed by atoms with Crippen LogP contribution in [0.1, 0.15) is 0 Å². The van der Waals surface area contributed by atoms with Gasteiger partial charge in [0.2, 0.25) is 5.91 Å². The minimum atomic E-state index is 0.0180. The van der Waals surface area contributed by atoms with E-state index in [9.17, 15) is 4.79 Å². The first-order chi connectivity index (χ1) is 10.2. The van der Waals surface area contributed by atoms with Crippen molar-refractivity contribution in [1.82, 2.24) is 29.9 Å². The van der Waals surface area contributed by atoms with E-state index in [0.717, 1.165) is 5.82 Å².